The molecule has 0 radical (unpaired) electrons. The standard InChI is InChI=1S/C29H35N3O4/c1-29(2)17-31(14-26(33)25-12-18-5-3-4-6-20(18)13-30-25)28(35)23-10-7-19(11-24(23)29)27(34)32-21-8-9-22(32)16-36-15-21/h3-7,10-11,21-22,25-26,30,33H,8-9,12-17H2,1-2H3/t21?,22?,25-,26+/m0/s1. The molecular formula is C29H35N3O4. The molecule has 190 valence electrons. The van der Waals surface area contributed by atoms with Gasteiger partial charge in [0.15, 0.2) is 0 Å². The van der Waals surface area contributed by atoms with Crippen molar-refractivity contribution < 1.29 is 19.4 Å². The van der Waals surface area contributed by atoms with Gasteiger partial charge >= 0.3 is 0 Å². The summed E-state index contributed by atoms with van der Waals surface area (Å²) < 4.78 is 5.65. The van der Waals surface area contributed by atoms with E-state index in [1.807, 2.05) is 29.2 Å². The van der Waals surface area contributed by atoms with Gasteiger partial charge in [0.25, 0.3) is 11.8 Å². The second-order valence-corrected chi connectivity index (χ2v) is 11.5. The van der Waals surface area contributed by atoms with Crippen molar-refractivity contribution in [1.29, 1.82) is 0 Å². The third-order valence-corrected chi connectivity index (χ3v) is 8.56. The Hall–Kier alpha value is -2.74. The Morgan fingerprint density at radius 1 is 1.14 bits per heavy atom. The molecule has 2 N–H and O–H groups in total. The lowest BCUT2D eigenvalue weighted by atomic mass is 9.77. The van der Waals surface area contributed by atoms with Gasteiger partial charge in [0.05, 0.1) is 31.4 Å². The van der Waals surface area contributed by atoms with E-state index in [2.05, 4.69) is 31.3 Å². The van der Waals surface area contributed by atoms with E-state index in [0.29, 0.717) is 30.9 Å². The molecule has 2 amide bonds. The average Bonchev–Trinajstić information content (AvgIpc) is 3.13. The molecule has 4 aliphatic heterocycles. The highest BCUT2D eigenvalue weighted by Gasteiger charge is 2.42. The van der Waals surface area contributed by atoms with Gasteiger partial charge in [0.1, 0.15) is 0 Å². The molecule has 36 heavy (non-hydrogen) atoms. The van der Waals surface area contributed by atoms with Gasteiger partial charge in [-0.1, -0.05) is 38.1 Å². The van der Waals surface area contributed by atoms with E-state index < -0.39 is 6.10 Å². The molecule has 2 aromatic rings. The number of nitrogens with zero attached hydrogens (tertiary/aromatic N) is 2. The van der Waals surface area contributed by atoms with Crippen molar-refractivity contribution in [2.24, 2.45) is 0 Å². The van der Waals surface area contributed by atoms with Crippen LogP contribution in [-0.2, 0) is 23.1 Å². The third kappa shape index (κ3) is 4.03. The van der Waals surface area contributed by atoms with Crippen molar-refractivity contribution in [3.05, 3.63) is 70.3 Å². The molecule has 2 fully saturated rings. The Labute approximate surface area is 212 Å². The lowest BCUT2D eigenvalue weighted by molar-refractivity contribution is -0.00717. The van der Waals surface area contributed by atoms with Gasteiger partial charge in [-0.25, -0.2) is 0 Å². The van der Waals surface area contributed by atoms with Crippen LogP contribution >= 0.6 is 0 Å². The Kier molecular flexibility index (Phi) is 5.90. The van der Waals surface area contributed by atoms with E-state index in [-0.39, 0.29) is 41.9 Å². The van der Waals surface area contributed by atoms with Crippen LogP contribution in [0, 0.1) is 0 Å². The zero-order valence-electron chi connectivity index (χ0n) is 21.1. The van der Waals surface area contributed by atoms with Crippen LogP contribution in [0.1, 0.15) is 64.1 Å². The van der Waals surface area contributed by atoms with Gasteiger partial charge in [-0.2, -0.15) is 0 Å². The number of morpholine rings is 1. The normalized spacial score (nSPS) is 27.4. The SMILES string of the molecule is CC1(C)CN(C[C@@H](O)[C@@H]2Cc3ccccc3CN2)C(=O)c2ccc(C(=O)N3C4CCC3COC4)cc21. The van der Waals surface area contributed by atoms with Crippen molar-refractivity contribution >= 4 is 11.8 Å². The van der Waals surface area contributed by atoms with E-state index in [4.69, 9.17) is 4.74 Å². The van der Waals surface area contributed by atoms with Gasteiger partial charge in [0, 0.05) is 42.2 Å². The predicted molar refractivity (Wildman–Crippen MR) is 136 cm³/mol. The van der Waals surface area contributed by atoms with Crippen molar-refractivity contribution in [3.63, 3.8) is 0 Å². The molecule has 0 aromatic heterocycles. The summed E-state index contributed by atoms with van der Waals surface area (Å²) in [5, 5.41) is 14.5. The molecule has 7 nitrogen and oxygen atoms in total. The first-order valence-electron chi connectivity index (χ1n) is 13.1. The third-order valence-electron chi connectivity index (χ3n) is 8.56. The number of carbonyl (C=O) groups is 2. The molecule has 0 saturated carbocycles. The monoisotopic (exact) mass is 489 g/mol. The minimum atomic E-state index is -0.669. The number of nitrogens with one attached hydrogen (secondary N) is 1. The van der Waals surface area contributed by atoms with E-state index >= 15 is 0 Å². The summed E-state index contributed by atoms with van der Waals surface area (Å²) in [5.74, 6) is -0.0385. The van der Waals surface area contributed by atoms with Gasteiger partial charge in [-0.05, 0) is 54.2 Å². The van der Waals surface area contributed by atoms with E-state index in [1.165, 1.54) is 11.1 Å². The molecule has 4 atom stereocenters. The maximum atomic E-state index is 13.5. The largest absolute Gasteiger partial charge is 0.390 e. The number of aliphatic hydroxyl groups is 1. The Bertz CT molecular complexity index is 1180. The number of benzene rings is 2. The number of amides is 2. The molecule has 2 unspecified atom stereocenters. The Morgan fingerprint density at radius 3 is 2.61 bits per heavy atom. The zero-order chi connectivity index (χ0) is 25.0. The number of rotatable bonds is 4. The summed E-state index contributed by atoms with van der Waals surface area (Å²) in [6.45, 7) is 6.94. The topological polar surface area (TPSA) is 82.1 Å². The first-order chi connectivity index (χ1) is 17.3. The highest BCUT2D eigenvalue weighted by molar-refractivity contribution is 6.00. The molecule has 2 saturated heterocycles. The van der Waals surface area contributed by atoms with Crippen LogP contribution in [0.15, 0.2) is 42.5 Å². The molecular weight excluding hydrogens is 454 g/mol. The fourth-order valence-electron chi connectivity index (χ4n) is 6.59. The van der Waals surface area contributed by atoms with Crippen LogP contribution in [0.2, 0.25) is 0 Å². The highest BCUT2D eigenvalue weighted by atomic mass is 16.5. The molecule has 0 aliphatic carbocycles. The van der Waals surface area contributed by atoms with Crippen LogP contribution < -0.4 is 5.32 Å². The van der Waals surface area contributed by atoms with Gasteiger partial charge in [0.2, 0.25) is 0 Å². The van der Waals surface area contributed by atoms with Crippen LogP contribution in [0.4, 0.5) is 0 Å². The smallest absolute Gasteiger partial charge is 0.254 e. The van der Waals surface area contributed by atoms with Crippen molar-refractivity contribution in [3.8, 4) is 0 Å². The van der Waals surface area contributed by atoms with Gasteiger partial charge in [-0.3, -0.25) is 9.59 Å². The van der Waals surface area contributed by atoms with Crippen LogP contribution in [0.25, 0.3) is 0 Å². The lowest BCUT2D eigenvalue weighted by Crippen LogP contribution is -2.54. The molecule has 4 aliphatic rings. The first kappa shape index (κ1) is 23.6. The summed E-state index contributed by atoms with van der Waals surface area (Å²) in [6, 6.07) is 14.0. The lowest BCUT2D eigenvalue weighted by Gasteiger charge is -2.42. The molecule has 2 aromatic carbocycles. The molecule has 2 bridgehead atoms. The summed E-state index contributed by atoms with van der Waals surface area (Å²) in [4.78, 5) is 30.7. The summed E-state index contributed by atoms with van der Waals surface area (Å²) in [7, 11) is 0. The van der Waals surface area contributed by atoms with E-state index in [1.54, 1.807) is 11.0 Å². The van der Waals surface area contributed by atoms with Crippen molar-refractivity contribution in [2.45, 2.75) is 69.3 Å². The second kappa shape index (κ2) is 8.98. The quantitative estimate of drug-likeness (QED) is 0.690. The number of hydrogen-bond acceptors (Lipinski definition) is 5. The van der Waals surface area contributed by atoms with Crippen molar-refractivity contribution in [1.82, 2.24) is 15.1 Å². The maximum absolute atomic E-state index is 13.5. The van der Waals surface area contributed by atoms with Crippen molar-refractivity contribution in [2.75, 3.05) is 26.3 Å². The maximum Gasteiger partial charge on any atom is 0.254 e. The Balaban J connectivity index is 1.20. The number of fused-ring (bicyclic) bond motifs is 4. The molecule has 4 heterocycles. The highest BCUT2D eigenvalue weighted by Crippen LogP contribution is 2.36. The van der Waals surface area contributed by atoms with Crippen LogP contribution in [0.5, 0.6) is 0 Å². The van der Waals surface area contributed by atoms with Crippen LogP contribution in [-0.4, -0.2) is 77.3 Å². The minimum Gasteiger partial charge on any atom is -0.390 e. The molecule has 0 spiro atoms. The van der Waals surface area contributed by atoms with Gasteiger partial charge in [-0.15, -0.1) is 0 Å². The number of hydrogen-bond donors (Lipinski definition) is 2. The Morgan fingerprint density at radius 2 is 1.86 bits per heavy atom. The molecule has 6 rings (SSSR count). The predicted octanol–water partition coefficient (Wildman–Crippen LogP) is 2.50. The second-order valence-electron chi connectivity index (χ2n) is 11.5. The van der Waals surface area contributed by atoms with Gasteiger partial charge < -0.3 is 25.0 Å². The molecule has 7 heteroatoms. The number of β-amino-alcohol motifs (C(OH)–C–C–N with tert-alkyl or cyclic N) is 1. The minimum absolute atomic E-state index is 0.0401. The summed E-state index contributed by atoms with van der Waals surface area (Å²) in [6.07, 6.45) is 2.06. The zero-order valence-corrected chi connectivity index (χ0v) is 21.1. The first-order valence-corrected chi connectivity index (χ1v) is 13.1. The fourth-order valence-corrected chi connectivity index (χ4v) is 6.59. The number of aliphatic hydroxyl groups excluding tert-OH is 1. The van der Waals surface area contributed by atoms with E-state index in [9.17, 15) is 14.7 Å². The summed E-state index contributed by atoms with van der Waals surface area (Å²) >= 11 is 0. The number of carbonyl (C=O) groups excluding carboxylic acids is 2. The number of ether oxygens (including phenoxy) is 1. The fraction of sp³-hybridized carbons (Fsp3) is 0.517. The van der Waals surface area contributed by atoms with Crippen LogP contribution in [0.3, 0.4) is 0 Å². The summed E-state index contributed by atoms with van der Waals surface area (Å²) in [5.41, 5.74) is 4.36. The van der Waals surface area contributed by atoms with E-state index in [0.717, 1.165) is 31.4 Å². The average molecular weight is 490 g/mol.